The van der Waals surface area contributed by atoms with Crippen LogP contribution in [0.5, 0.6) is 5.75 Å². The van der Waals surface area contributed by atoms with E-state index < -0.39 is 26.5 Å². The molecule has 3 rings (SSSR count). The highest BCUT2D eigenvalue weighted by atomic mass is 35.5. The first-order valence-electron chi connectivity index (χ1n) is 7.18. The molecule has 0 amide bonds. The summed E-state index contributed by atoms with van der Waals surface area (Å²) in [4.78, 5) is 0.109. The number of methoxy groups -OCH3 is 1. The number of ether oxygens (including phenoxy) is 1. The van der Waals surface area contributed by atoms with Crippen LogP contribution in [-0.4, -0.2) is 26.3 Å². The molecule has 3 atom stereocenters. The maximum atomic E-state index is 12.9. The van der Waals surface area contributed by atoms with E-state index in [1.165, 1.54) is 24.3 Å². The van der Waals surface area contributed by atoms with E-state index in [-0.39, 0.29) is 4.90 Å². The number of benzene rings is 2. The third-order valence-electron chi connectivity index (χ3n) is 4.32. The van der Waals surface area contributed by atoms with Crippen molar-refractivity contribution < 1.29 is 13.2 Å². The van der Waals surface area contributed by atoms with Crippen LogP contribution < -0.4 is 10.5 Å². The Kier molecular flexibility index (Phi) is 4.04. The molecule has 5 nitrogen and oxygen atoms in total. The van der Waals surface area contributed by atoms with Crippen molar-refractivity contribution in [1.82, 2.24) is 0 Å². The first-order valence-corrected chi connectivity index (χ1v) is 9.10. The van der Waals surface area contributed by atoms with E-state index >= 15 is 0 Å². The summed E-state index contributed by atoms with van der Waals surface area (Å²) >= 11 is 5.81. The number of sulfone groups is 1. The Hall–Kier alpha value is -2.07. The molecule has 124 valence electrons. The second kappa shape index (κ2) is 5.78. The Morgan fingerprint density at radius 2 is 1.75 bits per heavy atom. The van der Waals surface area contributed by atoms with E-state index in [9.17, 15) is 13.7 Å². The minimum atomic E-state index is -3.75. The molecule has 0 saturated heterocycles. The van der Waals surface area contributed by atoms with E-state index in [2.05, 4.69) is 0 Å². The van der Waals surface area contributed by atoms with Crippen molar-refractivity contribution in [3.05, 3.63) is 59.1 Å². The average molecular weight is 363 g/mol. The average Bonchev–Trinajstić information content (AvgIpc) is 3.23. The lowest BCUT2D eigenvalue weighted by atomic mass is 10.1. The summed E-state index contributed by atoms with van der Waals surface area (Å²) < 4.78 is 30.9. The molecule has 2 aromatic rings. The molecule has 0 radical (unpaired) electrons. The fraction of sp³-hybridized carbons (Fsp3) is 0.235. The van der Waals surface area contributed by atoms with Gasteiger partial charge in [0.2, 0.25) is 0 Å². The minimum Gasteiger partial charge on any atom is -0.497 e. The van der Waals surface area contributed by atoms with Gasteiger partial charge in [-0.3, -0.25) is 0 Å². The molecule has 0 aliphatic heterocycles. The van der Waals surface area contributed by atoms with Gasteiger partial charge in [-0.05, 0) is 42.0 Å². The van der Waals surface area contributed by atoms with Gasteiger partial charge in [-0.15, -0.1) is 0 Å². The summed E-state index contributed by atoms with van der Waals surface area (Å²) in [5.74, 6) is 0.0603. The largest absolute Gasteiger partial charge is 0.497 e. The van der Waals surface area contributed by atoms with Crippen LogP contribution in [0.3, 0.4) is 0 Å². The molecular formula is C17H15ClN2O3S. The molecule has 1 aliphatic carbocycles. The van der Waals surface area contributed by atoms with Crippen molar-refractivity contribution >= 4 is 21.4 Å². The van der Waals surface area contributed by atoms with Crippen LogP contribution in [0.15, 0.2) is 53.4 Å². The van der Waals surface area contributed by atoms with Crippen LogP contribution in [0, 0.1) is 11.3 Å². The highest BCUT2D eigenvalue weighted by Crippen LogP contribution is 2.55. The lowest BCUT2D eigenvalue weighted by Gasteiger charge is -2.05. The third kappa shape index (κ3) is 2.55. The number of halogens is 1. The van der Waals surface area contributed by atoms with Gasteiger partial charge in [0.25, 0.3) is 0 Å². The van der Waals surface area contributed by atoms with Gasteiger partial charge in [-0.1, -0.05) is 23.7 Å². The van der Waals surface area contributed by atoms with Crippen molar-refractivity contribution in [2.75, 3.05) is 7.11 Å². The molecule has 2 N–H and O–H groups in total. The van der Waals surface area contributed by atoms with Gasteiger partial charge >= 0.3 is 0 Å². The molecule has 0 spiro atoms. The van der Waals surface area contributed by atoms with Crippen LogP contribution in [-0.2, 0) is 9.84 Å². The zero-order valence-corrected chi connectivity index (χ0v) is 14.4. The number of nitrogens with two attached hydrogens (primary N) is 1. The van der Waals surface area contributed by atoms with Crippen LogP contribution in [0.2, 0.25) is 5.02 Å². The Morgan fingerprint density at radius 1 is 1.17 bits per heavy atom. The summed E-state index contributed by atoms with van der Waals surface area (Å²) in [6.07, 6.45) is 0. The SMILES string of the molecule is COc1ccc([C@@H]2[C@H](S(=O)(=O)c3ccc(Cl)cc3)[C@]2(N)C#N)cc1. The molecular weight excluding hydrogens is 348 g/mol. The summed E-state index contributed by atoms with van der Waals surface area (Å²) in [6, 6.07) is 14.7. The van der Waals surface area contributed by atoms with Crippen LogP contribution in [0.1, 0.15) is 11.5 Å². The maximum absolute atomic E-state index is 12.9. The first-order chi connectivity index (χ1) is 11.3. The lowest BCUT2D eigenvalue weighted by molar-refractivity contribution is 0.414. The minimum absolute atomic E-state index is 0.109. The highest BCUT2D eigenvalue weighted by molar-refractivity contribution is 7.92. The van der Waals surface area contributed by atoms with E-state index in [0.717, 1.165) is 0 Å². The number of hydrogen-bond acceptors (Lipinski definition) is 5. The van der Waals surface area contributed by atoms with Crippen molar-refractivity contribution in [2.24, 2.45) is 5.73 Å². The molecule has 1 saturated carbocycles. The molecule has 0 heterocycles. The van der Waals surface area contributed by atoms with E-state index in [1.54, 1.807) is 31.4 Å². The Balaban J connectivity index is 2.00. The fourth-order valence-corrected chi connectivity index (χ4v) is 5.29. The van der Waals surface area contributed by atoms with Gasteiger partial charge in [-0.2, -0.15) is 5.26 Å². The third-order valence-corrected chi connectivity index (χ3v) is 6.84. The van der Waals surface area contributed by atoms with Gasteiger partial charge in [0, 0.05) is 10.9 Å². The molecule has 24 heavy (non-hydrogen) atoms. The van der Waals surface area contributed by atoms with Gasteiger partial charge in [0.1, 0.15) is 16.5 Å². The summed E-state index contributed by atoms with van der Waals surface area (Å²) in [6.45, 7) is 0. The van der Waals surface area contributed by atoms with Gasteiger partial charge in [0.15, 0.2) is 9.84 Å². The monoisotopic (exact) mass is 362 g/mol. The van der Waals surface area contributed by atoms with Gasteiger partial charge < -0.3 is 10.5 Å². The Bertz CT molecular complexity index is 904. The molecule has 1 aliphatic rings. The van der Waals surface area contributed by atoms with Gasteiger partial charge in [-0.25, -0.2) is 8.42 Å². The zero-order valence-electron chi connectivity index (χ0n) is 12.8. The molecule has 1 fully saturated rings. The van der Waals surface area contributed by atoms with Crippen molar-refractivity contribution in [3.8, 4) is 11.8 Å². The highest BCUT2D eigenvalue weighted by Gasteiger charge is 2.70. The topological polar surface area (TPSA) is 93.2 Å². The maximum Gasteiger partial charge on any atom is 0.184 e. The molecule has 0 unspecified atom stereocenters. The van der Waals surface area contributed by atoms with Gasteiger partial charge in [0.05, 0.1) is 18.1 Å². The number of nitrogens with zero attached hydrogens (tertiary/aromatic N) is 1. The van der Waals surface area contributed by atoms with E-state index in [4.69, 9.17) is 22.1 Å². The van der Waals surface area contributed by atoms with Crippen molar-refractivity contribution in [1.29, 1.82) is 5.26 Å². The summed E-state index contributed by atoms with van der Waals surface area (Å²) in [5.41, 5.74) is 5.34. The van der Waals surface area contributed by atoms with Crippen LogP contribution in [0.25, 0.3) is 0 Å². The molecule has 7 heteroatoms. The number of rotatable bonds is 4. The second-order valence-corrected chi connectivity index (χ2v) is 8.22. The first kappa shape index (κ1) is 16.8. The second-order valence-electron chi connectivity index (χ2n) is 5.72. The lowest BCUT2D eigenvalue weighted by Crippen LogP contribution is -2.29. The molecule has 0 aromatic heterocycles. The Labute approximate surface area is 145 Å². The molecule has 0 bridgehead atoms. The van der Waals surface area contributed by atoms with Crippen LogP contribution in [0.4, 0.5) is 0 Å². The van der Waals surface area contributed by atoms with E-state index in [0.29, 0.717) is 16.3 Å². The standard InChI is InChI=1S/C17H15ClN2O3S/c1-23-13-6-2-11(3-7-13)15-16(17(15,20)10-19)24(21,22)14-8-4-12(18)5-9-14/h2-9,15-16H,20H2,1H3/t15-,16+,17+/m1/s1. The van der Waals surface area contributed by atoms with Crippen molar-refractivity contribution in [3.63, 3.8) is 0 Å². The van der Waals surface area contributed by atoms with E-state index in [1.807, 2.05) is 6.07 Å². The predicted octanol–water partition coefficient (Wildman–Crippen LogP) is 2.51. The zero-order chi connectivity index (χ0) is 17.5. The van der Waals surface area contributed by atoms with Crippen molar-refractivity contribution in [2.45, 2.75) is 21.6 Å². The quantitative estimate of drug-likeness (QED) is 0.901. The summed E-state index contributed by atoms with van der Waals surface area (Å²) in [7, 11) is -2.21. The molecule has 2 aromatic carbocycles. The van der Waals surface area contributed by atoms with Crippen LogP contribution >= 0.6 is 11.6 Å². The fourth-order valence-electron chi connectivity index (χ4n) is 2.98. The summed E-state index contributed by atoms with van der Waals surface area (Å²) in [5, 5.41) is 8.88. The predicted molar refractivity (Wildman–Crippen MR) is 90.7 cm³/mol. The Morgan fingerprint density at radius 3 is 2.25 bits per heavy atom. The smallest absolute Gasteiger partial charge is 0.184 e. The normalized spacial score (nSPS) is 25.8. The number of hydrogen-bond donors (Lipinski definition) is 1. The number of nitriles is 1.